The van der Waals surface area contributed by atoms with Crippen molar-refractivity contribution in [3.8, 4) is 11.9 Å². The molecular weight excluding hydrogens is 357 g/mol. The third-order valence-corrected chi connectivity index (χ3v) is 4.23. The van der Waals surface area contributed by atoms with Gasteiger partial charge in [-0.15, -0.1) is 0 Å². The zero-order valence-corrected chi connectivity index (χ0v) is 15.0. The van der Waals surface area contributed by atoms with E-state index in [4.69, 9.17) is 11.0 Å². The maximum absolute atomic E-state index is 13.8. The van der Waals surface area contributed by atoms with Crippen LogP contribution in [0.2, 0.25) is 0 Å². The van der Waals surface area contributed by atoms with Gasteiger partial charge in [-0.3, -0.25) is 4.57 Å². The Hall–Kier alpha value is -3.99. The lowest BCUT2D eigenvalue weighted by Crippen LogP contribution is -2.08. The molecule has 0 amide bonds. The van der Waals surface area contributed by atoms with Crippen LogP contribution in [0.5, 0.6) is 0 Å². The van der Waals surface area contributed by atoms with Crippen molar-refractivity contribution in [1.82, 2.24) is 19.5 Å². The molecule has 0 bridgehead atoms. The van der Waals surface area contributed by atoms with Crippen molar-refractivity contribution in [2.45, 2.75) is 13.3 Å². The number of anilines is 3. The first-order valence-corrected chi connectivity index (χ1v) is 8.66. The maximum atomic E-state index is 13.8. The summed E-state index contributed by atoms with van der Waals surface area (Å²) in [6, 6.07) is 15.0. The molecule has 2 heterocycles. The number of nitrogens with two attached hydrogens (primary N) is 1. The highest BCUT2D eigenvalue weighted by Crippen LogP contribution is 2.24. The summed E-state index contributed by atoms with van der Waals surface area (Å²) in [4.78, 5) is 13.3. The van der Waals surface area contributed by atoms with Gasteiger partial charge in [0.2, 0.25) is 5.95 Å². The first-order chi connectivity index (χ1) is 13.6. The minimum Gasteiger partial charge on any atom is -0.383 e. The van der Waals surface area contributed by atoms with Gasteiger partial charge in [0.15, 0.2) is 0 Å². The van der Waals surface area contributed by atoms with Gasteiger partial charge in [0, 0.05) is 24.2 Å². The number of halogens is 1. The Morgan fingerprint density at radius 2 is 1.89 bits per heavy atom. The van der Waals surface area contributed by atoms with Crippen LogP contribution in [0.15, 0.2) is 48.5 Å². The van der Waals surface area contributed by atoms with E-state index in [1.807, 2.05) is 6.92 Å². The molecule has 138 valence electrons. The van der Waals surface area contributed by atoms with E-state index in [-0.39, 0.29) is 11.6 Å². The number of nitrogen functional groups attached to an aromatic ring is 1. The second-order valence-corrected chi connectivity index (χ2v) is 6.14. The van der Waals surface area contributed by atoms with Crippen LogP contribution in [-0.2, 0) is 6.42 Å². The van der Waals surface area contributed by atoms with E-state index in [1.165, 1.54) is 12.1 Å². The van der Waals surface area contributed by atoms with E-state index in [1.54, 1.807) is 41.0 Å². The fraction of sp³-hybridized carbons (Fsp3) is 0.100. The summed E-state index contributed by atoms with van der Waals surface area (Å²) < 4.78 is 15.6. The standard InChI is InChI=1S/C20H16FN7/c1-2-18-25-15-8-5-13(21)9-16(15)28(18)19-10-17(23)26-20(27-19)24-14-6-3-12(11-22)4-7-14/h3-10H,2H2,1H3,(H3,23,24,26,27). The average Bonchev–Trinajstić information content (AvgIpc) is 3.06. The van der Waals surface area contributed by atoms with Crippen LogP contribution in [0.3, 0.4) is 0 Å². The first-order valence-electron chi connectivity index (χ1n) is 8.66. The number of hydrogen-bond donors (Lipinski definition) is 2. The molecule has 0 aliphatic rings. The van der Waals surface area contributed by atoms with Crippen LogP contribution in [0.1, 0.15) is 18.3 Å². The average molecular weight is 373 g/mol. The van der Waals surface area contributed by atoms with Crippen molar-refractivity contribution in [2.75, 3.05) is 11.1 Å². The minimum atomic E-state index is -0.353. The summed E-state index contributed by atoms with van der Waals surface area (Å²) >= 11 is 0. The van der Waals surface area contributed by atoms with Gasteiger partial charge in [-0.1, -0.05) is 6.92 Å². The molecule has 0 spiro atoms. The van der Waals surface area contributed by atoms with Crippen LogP contribution in [-0.4, -0.2) is 19.5 Å². The number of nitrogens with zero attached hydrogens (tertiary/aromatic N) is 5. The fourth-order valence-corrected chi connectivity index (χ4v) is 2.97. The van der Waals surface area contributed by atoms with Crippen LogP contribution in [0.25, 0.3) is 16.9 Å². The molecule has 0 atom stereocenters. The van der Waals surface area contributed by atoms with Gasteiger partial charge >= 0.3 is 0 Å². The zero-order valence-electron chi connectivity index (χ0n) is 15.0. The molecule has 0 unspecified atom stereocenters. The summed E-state index contributed by atoms with van der Waals surface area (Å²) in [5.74, 6) is 1.44. The number of nitriles is 1. The van der Waals surface area contributed by atoms with Crippen LogP contribution >= 0.6 is 0 Å². The summed E-state index contributed by atoms with van der Waals surface area (Å²) in [5.41, 5.74) is 8.55. The molecule has 4 rings (SSSR count). The van der Waals surface area contributed by atoms with Crippen LogP contribution in [0.4, 0.5) is 21.8 Å². The van der Waals surface area contributed by atoms with Crippen molar-refractivity contribution in [1.29, 1.82) is 5.26 Å². The number of nitrogens with one attached hydrogen (secondary N) is 1. The lowest BCUT2D eigenvalue weighted by molar-refractivity contribution is 0.629. The van der Waals surface area contributed by atoms with E-state index in [0.29, 0.717) is 40.5 Å². The summed E-state index contributed by atoms with van der Waals surface area (Å²) in [6.45, 7) is 1.97. The highest BCUT2D eigenvalue weighted by molar-refractivity contribution is 5.78. The smallest absolute Gasteiger partial charge is 0.231 e. The molecule has 0 aliphatic heterocycles. The normalized spacial score (nSPS) is 10.8. The number of aromatic nitrogens is 4. The minimum absolute atomic E-state index is 0.265. The predicted octanol–water partition coefficient (Wildman–Crippen LogP) is 3.71. The number of rotatable bonds is 4. The van der Waals surface area contributed by atoms with Crippen molar-refractivity contribution >= 4 is 28.5 Å². The Morgan fingerprint density at radius 3 is 2.61 bits per heavy atom. The van der Waals surface area contributed by atoms with Crippen molar-refractivity contribution in [2.24, 2.45) is 0 Å². The predicted molar refractivity (Wildman–Crippen MR) is 105 cm³/mol. The Kier molecular flexibility index (Phi) is 4.33. The molecule has 0 aliphatic carbocycles. The van der Waals surface area contributed by atoms with Gasteiger partial charge in [0.25, 0.3) is 0 Å². The van der Waals surface area contributed by atoms with E-state index in [9.17, 15) is 4.39 Å². The fourth-order valence-electron chi connectivity index (χ4n) is 2.97. The topological polar surface area (TPSA) is 105 Å². The van der Waals surface area contributed by atoms with Gasteiger partial charge in [-0.2, -0.15) is 15.2 Å². The van der Waals surface area contributed by atoms with Crippen molar-refractivity contribution < 1.29 is 4.39 Å². The highest BCUT2D eigenvalue weighted by atomic mass is 19.1. The zero-order chi connectivity index (χ0) is 19.7. The molecule has 0 fully saturated rings. The molecule has 8 heteroatoms. The van der Waals surface area contributed by atoms with Gasteiger partial charge < -0.3 is 11.1 Å². The van der Waals surface area contributed by atoms with E-state index >= 15 is 0 Å². The number of aryl methyl sites for hydroxylation is 1. The van der Waals surface area contributed by atoms with Crippen molar-refractivity contribution in [3.63, 3.8) is 0 Å². The van der Waals surface area contributed by atoms with Gasteiger partial charge in [0.05, 0.1) is 22.7 Å². The highest BCUT2D eigenvalue weighted by Gasteiger charge is 2.15. The van der Waals surface area contributed by atoms with Crippen molar-refractivity contribution in [3.05, 3.63) is 65.7 Å². The van der Waals surface area contributed by atoms with Gasteiger partial charge in [0.1, 0.15) is 23.3 Å². The third kappa shape index (κ3) is 3.21. The van der Waals surface area contributed by atoms with Crippen LogP contribution < -0.4 is 11.1 Å². The lowest BCUT2D eigenvalue weighted by Gasteiger charge is -2.11. The number of imidazole rings is 1. The molecule has 3 N–H and O–H groups in total. The summed E-state index contributed by atoms with van der Waals surface area (Å²) in [6.07, 6.45) is 0.637. The second-order valence-electron chi connectivity index (χ2n) is 6.14. The molecule has 28 heavy (non-hydrogen) atoms. The largest absolute Gasteiger partial charge is 0.383 e. The monoisotopic (exact) mass is 373 g/mol. The summed E-state index contributed by atoms with van der Waals surface area (Å²) in [7, 11) is 0. The molecule has 2 aromatic carbocycles. The third-order valence-electron chi connectivity index (χ3n) is 4.23. The molecule has 0 radical (unpaired) electrons. The first kappa shape index (κ1) is 17.4. The number of hydrogen-bond acceptors (Lipinski definition) is 6. The SMILES string of the molecule is CCc1nc2ccc(F)cc2n1-c1cc(N)nc(Nc2ccc(C#N)cc2)n1. The van der Waals surface area contributed by atoms with Gasteiger partial charge in [-0.05, 0) is 36.4 Å². The summed E-state index contributed by atoms with van der Waals surface area (Å²) in [5, 5.41) is 12.0. The maximum Gasteiger partial charge on any atom is 0.231 e. The Bertz CT molecular complexity index is 1210. The molecule has 7 nitrogen and oxygen atoms in total. The molecule has 2 aromatic heterocycles. The molecular formula is C20H16FN7. The quantitative estimate of drug-likeness (QED) is 0.565. The van der Waals surface area contributed by atoms with E-state index in [2.05, 4.69) is 26.3 Å². The molecule has 0 saturated heterocycles. The van der Waals surface area contributed by atoms with E-state index < -0.39 is 0 Å². The molecule has 0 saturated carbocycles. The van der Waals surface area contributed by atoms with Crippen LogP contribution in [0, 0.1) is 17.1 Å². The van der Waals surface area contributed by atoms with Gasteiger partial charge in [-0.25, -0.2) is 9.37 Å². The Labute approximate surface area is 160 Å². The Morgan fingerprint density at radius 1 is 1.11 bits per heavy atom. The Balaban J connectivity index is 1.80. The number of benzene rings is 2. The lowest BCUT2D eigenvalue weighted by atomic mass is 10.2. The molecule has 4 aromatic rings. The van der Waals surface area contributed by atoms with E-state index in [0.717, 1.165) is 5.82 Å². The number of fused-ring (bicyclic) bond motifs is 1. The second kappa shape index (κ2) is 6.96.